The van der Waals surface area contributed by atoms with E-state index in [0.717, 1.165) is 36.6 Å². The average molecular weight is 636 g/mol. The number of fused-ring (bicyclic) bond motifs is 1. The Kier molecular flexibility index (Phi) is 11.8. The number of unbranched alkanes of at least 4 members (excludes halogenated alkanes) is 1. The highest BCUT2D eigenvalue weighted by Crippen LogP contribution is 2.32. The summed E-state index contributed by atoms with van der Waals surface area (Å²) in [5.41, 5.74) is 0.709. The number of likely N-dealkylation sites (tertiary alicyclic amines) is 1. The maximum atomic E-state index is 14.5. The van der Waals surface area contributed by atoms with E-state index in [2.05, 4.69) is 0 Å². The number of piperidine rings is 1. The van der Waals surface area contributed by atoms with Crippen LogP contribution >= 0.6 is 0 Å². The second kappa shape index (κ2) is 14.5. The molecule has 0 aliphatic carbocycles. The van der Waals surface area contributed by atoms with Crippen LogP contribution < -0.4 is 4.74 Å². The second-order valence-corrected chi connectivity index (χ2v) is 16.7. The standard InChI is InChI=1S/C33H53N3O7S/c1-24(2)36(26-15-13-17-34(23-26)31(38)43-32(3,4)5)30(37)27-22-25-14-12-16-28(29(25)35(27)18-10-11-19-41-9)42-20-21-44(39,40)33(6,7)8/h12,14,16,22,24,26H,10-11,13,15,17-21,23H2,1-9H3/t26-/m1/s1. The van der Waals surface area contributed by atoms with Crippen LogP contribution in [0, 0.1) is 0 Å². The number of aryl methyl sites for hydroxylation is 1. The molecule has 1 saturated heterocycles. The number of ether oxygens (including phenoxy) is 3. The van der Waals surface area contributed by atoms with Crippen LogP contribution in [0.3, 0.4) is 0 Å². The summed E-state index contributed by atoms with van der Waals surface area (Å²) >= 11 is 0. The third-order valence-electron chi connectivity index (χ3n) is 7.86. The molecule has 1 aromatic heterocycles. The van der Waals surface area contributed by atoms with Crippen LogP contribution in [0.15, 0.2) is 24.3 Å². The molecule has 0 N–H and O–H groups in total. The van der Waals surface area contributed by atoms with E-state index in [9.17, 15) is 18.0 Å². The molecule has 2 heterocycles. The van der Waals surface area contributed by atoms with Crippen LogP contribution in [-0.4, -0.2) is 96.4 Å². The van der Waals surface area contributed by atoms with Crippen molar-refractivity contribution in [1.82, 2.24) is 14.4 Å². The minimum atomic E-state index is -3.36. The lowest BCUT2D eigenvalue weighted by Gasteiger charge is -2.41. The Morgan fingerprint density at radius 2 is 1.77 bits per heavy atom. The van der Waals surface area contributed by atoms with Gasteiger partial charge in [0, 0.05) is 44.8 Å². The van der Waals surface area contributed by atoms with Gasteiger partial charge in [-0.15, -0.1) is 0 Å². The number of aromatic nitrogens is 1. The quantitative estimate of drug-likeness (QED) is 0.267. The molecule has 1 fully saturated rings. The van der Waals surface area contributed by atoms with Crippen molar-refractivity contribution in [2.24, 2.45) is 0 Å². The van der Waals surface area contributed by atoms with Gasteiger partial charge in [-0.2, -0.15) is 0 Å². The number of amides is 2. The van der Waals surface area contributed by atoms with E-state index in [0.29, 0.717) is 37.7 Å². The zero-order valence-electron chi connectivity index (χ0n) is 28.1. The summed E-state index contributed by atoms with van der Waals surface area (Å²) in [5, 5.41) is 0.846. The molecule has 0 radical (unpaired) electrons. The third-order valence-corrected chi connectivity index (χ3v) is 10.4. The van der Waals surface area contributed by atoms with E-state index in [1.165, 1.54) is 0 Å². The summed E-state index contributed by atoms with van der Waals surface area (Å²) in [6.45, 7) is 16.8. The van der Waals surface area contributed by atoms with Gasteiger partial charge in [0.25, 0.3) is 5.91 Å². The first-order chi connectivity index (χ1) is 20.5. The fourth-order valence-electron chi connectivity index (χ4n) is 5.53. The van der Waals surface area contributed by atoms with E-state index >= 15 is 0 Å². The van der Waals surface area contributed by atoms with Crippen LogP contribution in [-0.2, 0) is 25.9 Å². The first-order valence-electron chi connectivity index (χ1n) is 15.7. The summed E-state index contributed by atoms with van der Waals surface area (Å²) in [5.74, 6) is 0.326. The molecule has 2 amide bonds. The first-order valence-corrected chi connectivity index (χ1v) is 17.4. The van der Waals surface area contributed by atoms with Gasteiger partial charge >= 0.3 is 6.09 Å². The zero-order chi connectivity index (χ0) is 32.9. The Balaban J connectivity index is 1.97. The van der Waals surface area contributed by atoms with Crippen molar-refractivity contribution in [2.75, 3.05) is 39.2 Å². The van der Waals surface area contributed by atoms with Crippen molar-refractivity contribution in [3.8, 4) is 5.75 Å². The van der Waals surface area contributed by atoms with Crippen molar-refractivity contribution in [2.45, 2.75) is 110 Å². The topological polar surface area (TPSA) is 107 Å². The second-order valence-electron chi connectivity index (χ2n) is 13.9. The fraction of sp³-hybridized carbons (Fsp3) is 0.697. The highest BCUT2D eigenvalue weighted by Gasteiger charge is 2.36. The van der Waals surface area contributed by atoms with E-state index in [4.69, 9.17) is 14.2 Å². The van der Waals surface area contributed by atoms with Crippen molar-refractivity contribution < 1.29 is 32.2 Å². The van der Waals surface area contributed by atoms with E-state index in [-0.39, 0.29) is 36.4 Å². The number of rotatable bonds is 12. The van der Waals surface area contributed by atoms with Crippen molar-refractivity contribution >= 4 is 32.7 Å². The minimum Gasteiger partial charge on any atom is -0.490 e. The number of methoxy groups -OCH3 is 1. The van der Waals surface area contributed by atoms with E-state index < -0.39 is 20.2 Å². The Labute approximate surface area is 263 Å². The molecule has 10 nitrogen and oxygen atoms in total. The first kappa shape index (κ1) is 35.7. The lowest BCUT2D eigenvalue weighted by atomic mass is 10.0. The molecule has 1 aromatic carbocycles. The number of nitrogens with zero attached hydrogens (tertiary/aromatic N) is 3. The average Bonchev–Trinajstić information content (AvgIpc) is 3.29. The van der Waals surface area contributed by atoms with Gasteiger partial charge in [0.05, 0.1) is 22.1 Å². The molecule has 3 rings (SSSR count). The largest absolute Gasteiger partial charge is 0.490 e. The van der Waals surface area contributed by atoms with Gasteiger partial charge in [-0.1, -0.05) is 12.1 Å². The SMILES string of the molecule is COCCCCn1c(C(=O)N(C(C)C)[C@@H]2CCCN(C(=O)OC(C)(C)C)C2)cc2cccc(OCCS(=O)(=O)C(C)(C)C)c21. The molecule has 11 heteroatoms. The molecule has 2 aromatic rings. The number of benzene rings is 1. The van der Waals surface area contributed by atoms with Gasteiger partial charge in [0.15, 0.2) is 9.84 Å². The highest BCUT2D eigenvalue weighted by molar-refractivity contribution is 7.92. The van der Waals surface area contributed by atoms with Gasteiger partial charge < -0.3 is 28.6 Å². The molecular weight excluding hydrogens is 582 g/mol. The van der Waals surface area contributed by atoms with Crippen molar-refractivity contribution in [3.63, 3.8) is 0 Å². The molecule has 1 aliphatic heterocycles. The Morgan fingerprint density at radius 1 is 1.07 bits per heavy atom. The normalized spacial score (nSPS) is 16.4. The number of carbonyl (C=O) groups excluding carboxylic acids is 2. The van der Waals surface area contributed by atoms with Crippen molar-refractivity contribution in [3.05, 3.63) is 30.0 Å². The van der Waals surface area contributed by atoms with Gasteiger partial charge in [-0.3, -0.25) is 4.79 Å². The molecule has 1 atom stereocenters. The van der Waals surface area contributed by atoms with Gasteiger partial charge in [-0.25, -0.2) is 13.2 Å². The molecular formula is C33H53N3O7S. The highest BCUT2D eigenvalue weighted by atomic mass is 32.2. The molecule has 0 saturated carbocycles. The Bertz CT molecular complexity index is 1390. The van der Waals surface area contributed by atoms with Crippen molar-refractivity contribution in [1.29, 1.82) is 0 Å². The molecule has 0 bridgehead atoms. The lowest BCUT2D eigenvalue weighted by molar-refractivity contribution is 0.00733. The summed E-state index contributed by atoms with van der Waals surface area (Å²) in [6, 6.07) is 7.26. The summed E-state index contributed by atoms with van der Waals surface area (Å²) in [6.07, 6.45) is 2.80. The summed E-state index contributed by atoms with van der Waals surface area (Å²) in [4.78, 5) is 31.0. The fourth-order valence-corrected chi connectivity index (χ4v) is 6.44. The molecule has 0 spiro atoms. The van der Waals surface area contributed by atoms with Crippen LogP contribution in [0.25, 0.3) is 10.9 Å². The number of hydrogen-bond donors (Lipinski definition) is 0. The zero-order valence-corrected chi connectivity index (χ0v) is 29.0. The number of carbonyl (C=O) groups is 2. The van der Waals surface area contributed by atoms with Crippen LogP contribution in [0.2, 0.25) is 0 Å². The predicted octanol–water partition coefficient (Wildman–Crippen LogP) is 5.91. The number of sulfone groups is 1. The monoisotopic (exact) mass is 635 g/mol. The third kappa shape index (κ3) is 8.90. The molecule has 44 heavy (non-hydrogen) atoms. The number of para-hydroxylation sites is 1. The maximum Gasteiger partial charge on any atom is 0.410 e. The predicted molar refractivity (Wildman–Crippen MR) is 174 cm³/mol. The smallest absolute Gasteiger partial charge is 0.410 e. The van der Waals surface area contributed by atoms with Gasteiger partial charge in [0.2, 0.25) is 0 Å². The van der Waals surface area contributed by atoms with E-state index in [1.807, 2.05) is 68.4 Å². The minimum absolute atomic E-state index is 0.0115. The molecule has 248 valence electrons. The summed E-state index contributed by atoms with van der Waals surface area (Å²) in [7, 11) is -1.69. The lowest BCUT2D eigenvalue weighted by Crippen LogP contribution is -2.54. The Morgan fingerprint density at radius 3 is 2.39 bits per heavy atom. The van der Waals surface area contributed by atoms with Crippen LogP contribution in [0.1, 0.15) is 91.6 Å². The summed E-state index contributed by atoms with van der Waals surface area (Å²) < 4.78 is 43.6. The van der Waals surface area contributed by atoms with E-state index in [1.54, 1.807) is 32.8 Å². The maximum absolute atomic E-state index is 14.5. The number of hydrogen-bond acceptors (Lipinski definition) is 7. The van der Waals surface area contributed by atoms with Crippen LogP contribution in [0.5, 0.6) is 5.75 Å². The van der Waals surface area contributed by atoms with Gasteiger partial charge in [0.1, 0.15) is 23.7 Å². The van der Waals surface area contributed by atoms with Gasteiger partial charge in [-0.05, 0) is 93.2 Å². The van der Waals surface area contributed by atoms with Crippen LogP contribution in [0.4, 0.5) is 4.79 Å². The Hall–Kier alpha value is -2.79. The molecule has 1 aliphatic rings. The molecule has 0 unspecified atom stereocenters.